The van der Waals surface area contributed by atoms with Gasteiger partial charge in [-0.3, -0.25) is 14.7 Å². The topological polar surface area (TPSA) is 60.0 Å². The number of likely N-dealkylation sites (N-methyl/N-ethyl adjacent to an activating group) is 1. The van der Waals surface area contributed by atoms with Crippen molar-refractivity contribution in [3.63, 3.8) is 0 Å². The van der Waals surface area contributed by atoms with Crippen molar-refractivity contribution in [2.24, 2.45) is 4.99 Å². The fourth-order valence-corrected chi connectivity index (χ4v) is 3.88. The number of carbonyl (C=O) groups excluding carboxylic acids is 1. The fourth-order valence-electron chi connectivity index (χ4n) is 3.88. The molecule has 1 amide bonds. The van der Waals surface area contributed by atoms with E-state index in [1.165, 1.54) is 16.3 Å². The smallest absolute Gasteiger partial charge is 0.236 e. The monoisotopic (exact) mass is 537 g/mol. The summed E-state index contributed by atoms with van der Waals surface area (Å²) < 4.78 is 0. The van der Waals surface area contributed by atoms with Crippen molar-refractivity contribution in [2.75, 3.05) is 46.8 Å². The molecule has 0 saturated carbocycles. The minimum absolute atomic E-state index is 0. The van der Waals surface area contributed by atoms with Gasteiger partial charge in [0.05, 0.1) is 6.54 Å². The van der Waals surface area contributed by atoms with Crippen LogP contribution in [0.2, 0.25) is 0 Å². The maximum atomic E-state index is 11.9. The molecule has 0 unspecified atom stereocenters. The summed E-state index contributed by atoms with van der Waals surface area (Å²) in [5.74, 6) is 1.06. The Morgan fingerprint density at radius 2 is 1.84 bits per heavy atom. The van der Waals surface area contributed by atoms with Crippen molar-refractivity contribution in [1.82, 2.24) is 20.4 Å². The van der Waals surface area contributed by atoms with E-state index < -0.39 is 0 Å². The summed E-state index contributed by atoms with van der Waals surface area (Å²) in [4.78, 5) is 20.6. The Morgan fingerprint density at radius 3 is 2.55 bits per heavy atom. The number of fused-ring (bicyclic) bond motifs is 1. The van der Waals surface area contributed by atoms with Gasteiger partial charge in [-0.25, -0.2) is 0 Å². The highest BCUT2D eigenvalue weighted by Crippen LogP contribution is 2.19. The lowest BCUT2D eigenvalue weighted by Crippen LogP contribution is -2.50. The Labute approximate surface area is 203 Å². The Balaban J connectivity index is 0.00000341. The number of hydrogen-bond acceptors (Lipinski definition) is 3. The number of nitrogens with zero attached hydrogens (tertiary/aromatic N) is 3. The van der Waals surface area contributed by atoms with Gasteiger partial charge in [-0.1, -0.05) is 42.5 Å². The number of hydrogen-bond donors (Lipinski definition) is 2. The number of piperidine rings is 1. The molecule has 2 aromatic rings. The van der Waals surface area contributed by atoms with Crippen LogP contribution in [0, 0.1) is 0 Å². The standard InChI is InChI=1S/C24H35N5O.HI/c1-4-25-24(27-21-13-16-29(17-14-21)18-23(30)28(2)3)26-15-12-20-10-7-9-19-8-5-6-11-22(19)20;/h5-11,21H,4,12-18H2,1-3H3,(H2,25,26,27);1H. The van der Waals surface area contributed by atoms with Crippen LogP contribution in [-0.2, 0) is 11.2 Å². The van der Waals surface area contributed by atoms with Gasteiger partial charge in [0.25, 0.3) is 0 Å². The van der Waals surface area contributed by atoms with Crippen molar-refractivity contribution in [3.8, 4) is 0 Å². The third-order valence-electron chi connectivity index (χ3n) is 5.66. The van der Waals surface area contributed by atoms with Crippen LogP contribution in [-0.4, -0.2) is 74.5 Å². The first kappa shape index (κ1) is 25.4. The highest BCUT2D eigenvalue weighted by Gasteiger charge is 2.22. The molecule has 0 aromatic heterocycles. The molecule has 6 nitrogen and oxygen atoms in total. The summed E-state index contributed by atoms with van der Waals surface area (Å²) in [5.41, 5.74) is 1.34. The molecule has 1 saturated heterocycles. The van der Waals surface area contributed by atoms with Crippen LogP contribution in [0.25, 0.3) is 10.8 Å². The number of aliphatic imine (C=N–C) groups is 1. The van der Waals surface area contributed by atoms with E-state index in [1.54, 1.807) is 4.90 Å². The molecule has 2 aromatic carbocycles. The van der Waals surface area contributed by atoms with E-state index in [4.69, 9.17) is 4.99 Å². The maximum Gasteiger partial charge on any atom is 0.236 e. The van der Waals surface area contributed by atoms with Gasteiger partial charge in [-0.15, -0.1) is 24.0 Å². The molecule has 1 heterocycles. The average molecular weight is 537 g/mol. The second-order valence-corrected chi connectivity index (χ2v) is 8.13. The Bertz CT molecular complexity index is 857. The molecule has 0 spiro atoms. The SMILES string of the molecule is CCNC(=NCCc1cccc2ccccc12)NC1CCN(CC(=O)N(C)C)CC1.I. The molecule has 31 heavy (non-hydrogen) atoms. The lowest BCUT2D eigenvalue weighted by Gasteiger charge is -2.33. The summed E-state index contributed by atoms with van der Waals surface area (Å²) >= 11 is 0. The molecule has 0 bridgehead atoms. The summed E-state index contributed by atoms with van der Waals surface area (Å²) in [6.45, 7) is 6.07. The highest BCUT2D eigenvalue weighted by molar-refractivity contribution is 14.0. The summed E-state index contributed by atoms with van der Waals surface area (Å²) in [6, 6.07) is 15.4. The Hall–Kier alpha value is -1.87. The zero-order chi connectivity index (χ0) is 21.3. The molecular weight excluding hydrogens is 501 g/mol. The molecule has 7 heteroatoms. The molecule has 0 aliphatic carbocycles. The van der Waals surface area contributed by atoms with Gasteiger partial charge in [0.1, 0.15) is 0 Å². The van der Waals surface area contributed by atoms with Gasteiger partial charge in [0.15, 0.2) is 5.96 Å². The molecule has 1 aliphatic heterocycles. The average Bonchev–Trinajstić information content (AvgIpc) is 2.75. The van der Waals surface area contributed by atoms with Crippen molar-refractivity contribution >= 4 is 46.6 Å². The number of halogens is 1. The summed E-state index contributed by atoms with van der Waals surface area (Å²) in [5, 5.41) is 9.56. The van der Waals surface area contributed by atoms with Gasteiger partial charge in [-0.05, 0) is 42.5 Å². The molecular formula is C24H36IN5O. The van der Waals surface area contributed by atoms with Gasteiger partial charge in [0, 0.05) is 46.3 Å². The number of likely N-dealkylation sites (tertiary alicyclic amines) is 1. The van der Waals surface area contributed by atoms with Crippen molar-refractivity contribution in [1.29, 1.82) is 0 Å². The highest BCUT2D eigenvalue weighted by atomic mass is 127. The lowest BCUT2D eigenvalue weighted by atomic mass is 10.0. The van der Waals surface area contributed by atoms with Gasteiger partial charge in [0.2, 0.25) is 5.91 Å². The van der Waals surface area contributed by atoms with Crippen molar-refractivity contribution < 1.29 is 4.79 Å². The maximum absolute atomic E-state index is 11.9. The summed E-state index contributed by atoms with van der Waals surface area (Å²) in [7, 11) is 3.63. The number of guanidine groups is 1. The zero-order valence-corrected chi connectivity index (χ0v) is 21.3. The number of carbonyl (C=O) groups is 1. The molecule has 3 rings (SSSR count). The molecule has 0 atom stereocenters. The number of benzene rings is 2. The summed E-state index contributed by atoms with van der Waals surface area (Å²) in [6.07, 6.45) is 2.96. The number of rotatable bonds is 7. The first-order valence-corrected chi connectivity index (χ1v) is 11.0. The van der Waals surface area contributed by atoms with E-state index in [2.05, 4.69) is 64.9 Å². The van der Waals surface area contributed by atoms with Crippen molar-refractivity contribution in [2.45, 2.75) is 32.2 Å². The Kier molecular flexibility index (Phi) is 10.5. The Morgan fingerprint density at radius 1 is 1.13 bits per heavy atom. The van der Waals surface area contributed by atoms with E-state index in [0.29, 0.717) is 12.6 Å². The van der Waals surface area contributed by atoms with Crippen LogP contribution in [0.15, 0.2) is 47.5 Å². The van der Waals surface area contributed by atoms with E-state index >= 15 is 0 Å². The van der Waals surface area contributed by atoms with Crippen LogP contribution < -0.4 is 10.6 Å². The zero-order valence-electron chi connectivity index (χ0n) is 18.9. The van der Waals surface area contributed by atoms with E-state index in [9.17, 15) is 4.79 Å². The first-order chi connectivity index (χ1) is 14.6. The molecule has 2 N–H and O–H groups in total. The number of amides is 1. The second kappa shape index (κ2) is 12.9. The third-order valence-corrected chi connectivity index (χ3v) is 5.66. The van der Waals surface area contributed by atoms with E-state index in [-0.39, 0.29) is 29.9 Å². The largest absolute Gasteiger partial charge is 0.357 e. The molecule has 0 radical (unpaired) electrons. The minimum atomic E-state index is 0. The lowest BCUT2D eigenvalue weighted by molar-refractivity contribution is -0.130. The van der Waals surface area contributed by atoms with Crippen LogP contribution in [0.1, 0.15) is 25.3 Å². The number of nitrogens with one attached hydrogen (secondary N) is 2. The first-order valence-electron chi connectivity index (χ1n) is 11.0. The van der Waals surface area contributed by atoms with Crippen molar-refractivity contribution in [3.05, 3.63) is 48.0 Å². The minimum Gasteiger partial charge on any atom is -0.357 e. The van der Waals surface area contributed by atoms with E-state index in [0.717, 1.165) is 51.4 Å². The van der Waals surface area contributed by atoms with Crippen LogP contribution in [0.4, 0.5) is 0 Å². The van der Waals surface area contributed by atoms with Crippen LogP contribution >= 0.6 is 24.0 Å². The van der Waals surface area contributed by atoms with Gasteiger partial charge >= 0.3 is 0 Å². The fraction of sp³-hybridized carbons (Fsp3) is 0.500. The van der Waals surface area contributed by atoms with Crippen LogP contribution in [0.3, 0.4) is 0 Å². The quantitative estimate of drug-likeness (QED) is 0.324. The predicted octanol–water partition coefficient (Wildman–Crippen LogP) is 3.11. The normalized spacial score (nSPS) is 15.4. The van der Waals surface area contributed by atoms with Gasteiger partial charge < -0.3 is 15.5 Å². The van der Waals surface area contributed by atoms with Crippen LogP contribution in [0.5, 0.6) is 0 Å². The molecule has 1 aliphatic rings. The second-order valence-electron chi connectivity index (χ2n) is 8.13. The van der Waals surface area contributed by atoms with Gasteiger partial charge in [-0.2, -0.15) is 0 Å². The molecule has 1 fully saturated rings. The van der Waals surface area contributed by atoms with E-state index in [1.807, 2.05) is 14.1 Å². The predicted molar refractivity (Wildman–Crippen MR) is 140 cm³/mol. The molecule has 170 valence electrons. The third kappa shape index (κ3) is 7.64.